The van der Waals surface area contributed by atoms with E-state index >= 15 is 0 Å². The lowest BCUT2D eigenvalue weighted by Crippen LogP contribution is -2.36. The molecule has 0 saturated carbocycles. The molecule has 0 saturated heterocycles. The Kier molecular flexibility index (Phi) is 2.13. The molecule has 15 heavy (non-hydrogen) atoms. The summed E-state index contributed by atoms with van der Waals surface area (Å²) in [5.41, 5.74) is 5.61. The number of nitrogens with zero attached hydrogens (tertiary/aromatic N) is 4. The number of hydrogen-bond donors (Lipinski definition) is 2. The van der Waals surface area contributed by atoms with Crippen LogP contribution >= 0.6 is 0 Å². The van der Waals surface area contributed by atoms with Gasteiger partial charge < -0.3 is 10.8 Å². The van der Waals surface area contributed by atoms with Crippen molar-refractivity contribution >= 4 is 18.1 Å². The first-order valence-electron chi connectivity index (χ1n) is 4.22. The molecule has 3 N–H and O–H groups in total. The first-order valence-corrected chi connectivity index (χ1v) is 4.22. The van der Waals surface area contributed by atoms with E-state index in [2.05, 4.69) is 10.1 Å². The van der Waals surface area contributed by atoms with Gasteiger partial charge in [0.15, 0.2) is 5.82 Å². The van der Waals surface area contributed by atoms with Crippen LogP contribution in [0.15, 0.2) is 23.5 Å². The number of carboxylic acids is 1. The highest BCUT2D eigenvalue weighted by Crippen LogP contribution is 2.11. The lowest BCUT2D eigenvalue weighted by atomic mass is 10.3. The Labute approximate surface area is 85.1 Å². The standard InChI is InChI=1S/C8H9N5O2/c9-7-6(8(14)15)4-11-13(7)12-3-1-2-10-5-12/h1-2,4-5H,3,9H2,(H,14,15). The Morgan fingerprint density at radius 3 is 2.93 bits per heavy atom. The van der Waals surface area contributed by atoms with Gasteiger partial charge in [0.1, 0.15) is 11.9 Å². The molecule has 1 aromatic heterocycles. The van der Waals surface area contributed by atoms with Crippen LogP contribution in [-0.2, 0) is 0 Å². The molecule has 1 aromatic rings. The van der Waals surface area contributed by atoms with E-state index in [1.807, 2.05) is 6.08 Å². The molecule has 0 bridgehead atoms. The van der Waals surface area contributed by atoms with Crippen LogP contribution in [0.25, 0.3) is 0 Å². The molecule has 7 nitrogen and oxygen atoms in total. The molecule has 2 heterocycles. The van der Waals surface area contributed by atoms with E-state index in [1.54, 1.807) is 11.2 Å². The maximum absolute atomic E-state index is 10.7. The first kappa shape index (κ1) is 9.25. The Morgan fingerprint density at radius 1 is 1.60 bits per heavy atom. The van der Waals surface area contributed by atoms with Crippen LogP contribution in [0.5, 0.6) is 0 Å². The molecule has 78 valence electrons. The number of anilines is 1. The molecule has 0 radical (unpaired) electrons. The van der Waals surface area contributed by atoms with Crippen LogP contribution in [-0.4, -0.2) is 33.8 Å². The van der Waals surface area contributed by atoms with Crippen molar-refractivity contribution in [1.82, 2.24) is 9.89 Å². The summed E-state index contributed by atoms with van der Waals surface area (Å²) in [6.45, 7) is 0.550. The van der Waals surface area contributed by atoms with Crippen molar-refractivity contribution in [2.24, 2.45) is 4.99 Å². The molecule has 1 aliphatic heterocycles. The van der Waals surface area contributed by atoms with Crippen LogP contribution < -0.4 is 10.7 Å². The van der Waals surface area contributed by atoms with Gasteiger partial charge >= 0.3 is 5.97 Å². The summed E-state index contributed by atoms with van der Waals surface area (Å²) in [7, 11) is 0. The quantitative estimate of drug-likeness (QED) is 0.691. The minimum absolute atomic E-state index is 0.0158. The summed E-state index contributed by atoms with van der Waals surface area (Å²) < 4.78 is 0. The van der Waals surface area contributed by atoms with Gasteiger partial charge in [0.25, 0.3) is 0 Å². The zero-order chi connectivity index (χ0) is 10.8. The molecule has 0 unspecified atom stereocenters. The molecule has 0 spiro atoms. The van der Waals surface area contributed by atoms with Gasteiger partial charge in [-0.2, -0.15) is 9.89 Å². The van der Waals surface area contributed by atoms with E-state index in [4.69, 9.17) is 10.8 Å². The molecular formula is C8H9N5O2. The number of carbonyl (C=O) groups is 1. The SMILES string of the molecule is Nc1c(C(=O)O)cnn1N1C=NC=CC1. The number of aliphatic imine (C=N–C) groups is 1. The highest BCUT2D eigenvalue weighted by Gasteiger charge is 2.16. The van der Waals surface area contributed by atoms with Gasteiger partial charge in [-0.25, -0.2) is 14.8 Å². The van der Waals surface area contributed by atoms with E-state index < -0.39 is 5.97 Å². The molecule has 0 aliphatic carbocycles. The minimum atomic E-state index is -1.09. The van der Waals surface area contributed by atoms with E-state index in [0.717, 1.165) is 0 Å². The van der Waals surface area contributed by atoms with E-state index in [-0.39, 0.29) is 11.4 Å². The highest BCUT2D eigenvalue weighted by atomic mass is 16.4. The number of aromatic carboxylic acids is 1. The largest absolute Gasteiger partial charge is 0.477 e. The summed E-state index contributed by atoms with van der Waals surface area (Å²) in [5.74, 6) is -1.01. The van der Waals surface area contributed by atoms with Crippen molar-refractivity contribution < 1.29 is 9.90 Å². The number of nitrogen functional groups attached to an aromatic ring is 1. The van der Waals surface area contributed by atoms with Crippen molar-refractivity contribution in [3.05, 3.63) is 24.0 Å². The lowest BCUT2D eigenvalue weighted by molar-refractivity contribution is 0.0698. The maximum atomic E-state index is 10.7. The number of carboxylic acid groups (broad SMARTS) is 1. The Morgan fingerprint density at radius 2 is 2.40 bits per heavy atom. The summed E-state index contributed by atoms with van der Waals surface area (Å²) in [4.78, 5) is 15.9. The molecule has 7 heteroatoms. The number of nitrogens with two attached hydrogens (primary N) is 1. The fourth-order valence-electron chi connectivity index (χ4n) is 1.22. The van der Waals surface area contributed by atoms with Crippen molar-refractivity contribution in [3.8, 4) is 0 Å². The zero-order valence-corrected chi connectivity index (χ0v) is 7.74. The number of aromatic nitrogens is 2. The minimum Gasteiger partial charge on any atom is -0.477 e. The number of hydrogen-bond acceptors (Lipinski definition) is 5. The summed E-state index contributed by atoms with van der Waals surface area (Å²) in [5, 5.41) is 14.2. The molecule has 2 rings (SSSR count). The van der Waals surface area contributed by atoms with Crippen LogP contribution in [0.1, 0.15) is 10.4 Å². The molecular weight excluding hydrogens is 198 g/mol. The van der Waals surface area contributed by atoms with Crippen LogP contribution in [0.3, 0.4) is 0 Å². The van der Waals surface area contributed by atoms with Gasteiger partial charge in [-0.1, -0.05) is 0 Å². The fraction of sp³-hybridized carbons (Fsp3) is 0.125. The lowest BCUT2D eigenvalue weighted by Gasteiger charge is -2.20. The second-order valence-electron chi connectivity index (χ2n) is 2.91. The van der Waals surface area contributed by atoms with E-state index in [9.17, 15) is 4.79 Å². The third kappa shape index (κ3) is 1.54. The molecule has 0 amide bonds. The van der Waals surface area contributed by atoms with E-state index in [1.165, 1.54) is 17.3 Å². The monoisotopic (exact) mass is 207 g/mol. The second kappa shape index (κ2) is 3.45. The van der Waals surface area contributed by atoms with Crippen LogP contribution in [0.2, 0.25) is 0 Å². The van der Waals surface area contributed by atoms with E-state index in [0.29, 0.717) is 6.54 Å². The third-order valence-electron chi connectivity index (χ3n) is 1.95. The summed E-state index contributed by atoms with van der Waals surface area (Å²) in [6.07, 6.45) is 6.19. The van der Waals surface area contributed by atoms with Gasteiger partial charge in [-0.3, -0.25) is 0 Å². The maximum Gasteiger partial charge on any atom is 0.341 e. The van der Waals surface area contributed by atoms with Crippen molar-refractivity contribution in [1.29, 1.82) is 0 Å². The predicted octanol–water partition coefficient (Wildman–Crippen LogP) is -0.343. The van der Waals surface area contributed by atoms with Crippen molar-refractivity contribution in [2.45, 2.75) is 0 Å². The average Bonchev–Trinajstić information content (AvgIpc) is 2.61. The van der Waals surface area contributed by atoms with Gasteiger partial charge in [0.2, 0.25) is 0 Å². The van der Waals surface area contributed by atoms with Crippen molar-refractivity contribution in [3.63, 3.8) is 0 Å². The average molecular weight is 207 g/mol. The fourth-order valence-corrected chi connectivity index (χ4v) is 1.22. The smallest absolute Gasteiger partial charge is 0.341 e. The summed E-state index contributed by atoms with van der Waals surface area (Å²) in [6, 6.07) is 0. The number of rotatable bonds is 2. The topological polar surface area (TPSA) is 96.7 Å². The molecule has 0 atom stereocenters. The van der Waals surface area contributed by atoms with Gasteiger partial charge in [0.05, 0.1) is 12.7 Å². The van der Waals surface area contributed by atoms with Crippen molar-refractivity contribution in [2.75, 3.05) is 17.3 Å². The second-order valence-corrected chi connectivity index (χ2v) is 2.91. The Balaban J connectivity index is 2.33. The van der Waals surface area contributed by atoms with Crippen LogP contribution in [0, 0.1) is 0 Å². The van der Waals surface area contributed by atoms with Gasteiger partial charge in [-0.15, -0.1) is 0 Å². The highest BCUT2D eigenvalue weighted by molar-refractivity contribution is 5.92. The van der Waals surface area contributed by atoms with Crippen LogP contribution in [0.4, 0.5) is 5.82 Å². The third-order valence-corrected chi connectivity index (χ3v) is 1.95. The Bertz CT molecular complexity index is 448. The zero-order valence-electron chi connectivity index (χ0n) is 7.74. The molecule has 0 aromatic carbocycles. The first-order chi connectivity index (χ1) is 7.20. The Hall–Kier alpha value is -2.31. The molecule has 1 aliphatic rings. The normalized spacial score (nSPS) is 14.5. The molecule has 0 fully saturated rings. The van der Waals surface area contributed by atoms with Gasteiger partial charge in [0, 0.05) is 6.20 Å². The summed E-state index contributed by atoms with van der Waals surface area (Å²) >= 11 is 0. The van der Waals surface area contributed by atoms with Gasteiger partial charge in [-0.05, 0) is 6.08 Å². The predicted molar refractivity (Wildman–Crippen MR) is 54.3 cm³/mol.